The Morgan fingerprint density at radius 3 is 2.60 bits per heavy atom. The van der Waals surface area contributed by atoms with Gasteiger partial charge >= 0.3 is 0 Å². The van der Waals surface area contributed by atoms with Crippen molar-refractivity contribution in [2.45, 2.75) is 23.6 Å². The number of ether oxygens (including phenoxy) is 1. The largest absolute Gasteiger partial charge is 0.495 e. The number of sulfonamides is 1. The number of anilines is 2. The number of hydrogen-bond donors (Lipinski definition) is 2. The van der Waals surface area contributed by atoms with Crippen molar-refractivity contribution in [1.82, 2.24) is 4.31 Å². The number of benzene rings is 2. The van der Waals surface area contributed by atoms with Crippen molar-refractivity contribution in [3.05, 3.63) is 42.0 Å². The first kappa shape index (κ1) is 22.1. The quantitative estimate of drug-likeness (QED) is 0.673. The zero-order chi connectivity index (χ0) is 21.9. The van der Waals surface area contributed by atoms with Gasteiger partial charge in [0.05, 0.1) is 29.1 Å². The van der Waals surface area contributed by atoms with Crippen molar-refractivity contribution in [1.29, 1.82) is 0 Å². The SMILES string of the molecule is CCN(CC)S(=O)(=O)c1ccc(OC)c(NC(=O)c2ccc3c(c2)NC(=O)CS3)c1. The van der Waals surface area contributed by atoms with E-state index >= 15 is 0 Å². The smallest absolute Gasteiger partial charge is 0.255 e. The zero-order valence-electron chi connectivity index (χ0n) is 16.9. The molecular weight excluding hydrogens is 426 g/mol. The topological polar surface area (TPSA) is 105 Å². The van der Waals surface area contributed by atoms with Crippen molar-refractivity contribution in [2.24, 2.45) is 0 Å². The highest BCUT2D eigenvalue weighted by Crippen LogP contribution is 2.33. The maximum Gasteiger partial charge on any atom is 0.255 e. The van der Waals surface area contributed by atoms with Crippen molar-refractivity contribution in [3.63, 3.8) is 0 Å². The number of carbonyl (C=O) groups excluding carboxylic acids is 2. The van der Waals surface area contributed by atoms with Crippen molar-refractivity contribution in [2.75, 3.05) is 36.6 Å². The molecule has 0 bridgehead atoms. The summed E-state index contributed by atoms with van der Waals surface area (Å²) in [7, 11) is -2.25. The molecule has 1 heterocycles. The monoisotopic (exact) mass is 449 g/mol. The maximum absolute atomic E-state index is 12.8. The molecule has 0 aromatic heterocycles. The Kier molecular flexibility index (Phi) is 6.69. The van der Waals surface area contributed by atoms with E-state index < -0.39 is 15.9 Å². The van der Waals surface area contributed by atoms with Gasteiger partial charge in [-0.05, 0) is 36.4 Å². The number of nitrogens with one attached hydrogen (secondary N) is 2. The third-order valence-corrected chi connectivity index (χ3v) is 7.76. The number of methoxy groups -OCH3 is 1. The van der Waals surface area contributed by atoms with Gasteiger partial charge in [0, 0.05) is 23.5 Å². The molecule has 0 saturated heterocycles. The molecule has 2 amide bonds. The molecular formula is C20H23N3O5S2. The second-order valence-corrected chi connectivity index (χ2v) is 9.41. The van der Waals surface area contributed by atoms with Crippen LogP contribution in [0.3, 0.4) is 0 Å². The van der Waals surface area contributed by atoms with Crippen LogP contribution in [0.4, 0.5) is 11.4 Å². The van der Waals surface area contributed by atoms with Crippen LogP contribution in [0.2, 0.25) is 0 Å². The van der Waals surface area contributed by atoms with Crippen LogP contribution < -0.4 is 15.4 Å². The maximum atomic E-state index is 12.8. The molecule has 8 nitrogen and oxygen atoms in total. The van der Waals surface area contributed by atoms with E-state index in [1.807, 2.05) is 0 Å². The normalized spacial score (nSPS) is 13.5. The Morgan fingerprint density at radius 1 is 1.20 bits per heavy atom. The summed E-state index contributed by atoms with van der Waals surface area (Å²) in [5.41, 5.74) is 1.15. The molecule has 3 rings (SSSR count). The fourth-order valence-electron chi connectivity index (χ4n) is 3.08. The highest BCUT2D eigenvalue weighted by molar-refractivity contribution is 8.00. The molecule has 0 aliphatic carbocycles. The highest BCUT2D eigenvalue weighted by atomic mass is 32.2. The van der Waals surface area contributed by atoms with E-state index in [9.17, 15) is 18.0 Å². The predicted octanol–water partition coefficient (Wildman–Crippen LogP) is 3.02. The van der Waals surface area contributed by atoms with Crippen LogP contribution in [-0.4, -0.2) is 50.5 Å². The highest BCUT2D eigenvalue weighted by Gasteiger charge is 2.24. The summed E-state index contributed by atoms with van der Waals surface area (Å²) >= 11 is 1.40. The lowest BCUT2D eigenvalue weighted by atomic mass is 10.1. The minimum atomic E-state index is -3.69. The number of amides is 2. The van der Waals surface area contributed by atoms with Crippen LogP contribution in [-0.2, 0) is 14.8 Å². The fourth-order valence-corrected chi connectivity index (χ4v) is 5.35. The zero-order valence-corrected chi connectivity index (χ0v) is 18.5. The third-order valence-electron chi connectivity index (χ3n) is 4.64. The van der Waals surface area contributed by atoms with E-state index in [0.717, 1.165) is 4.90 Å². The van der Waals surface area contributed by atoms with Crippen LogP contribution in [0.1, 0.15) is 24.2 Å². The van der Waals surface area contributed by atoms with Crippen molar-refractivity contribution < 1.29 is 22.7 Å². The fraction of sp³-hybridized carbons (Fsp3) is 0.300. The van der Waals surface area contributed by atoms with Gasteiger partial charge in [-0.2, -0.15) is 4.31 Å². The number of rotatable bonds is 7. The lowest BCUT2D eigenvalue weighted by Crippen LogP contribution is -2.30. The standard InChI is InChI=1S/C20H23N3O5S2/c1-4-23(5-2)30(26,27)14-7-8-17(28-3)15(11-14)22-20(25)13-6-9-18-16(10-13)21-19(24)12-29-18/h6-11H,4-5,12H2,1-3H3,(H,21,24)(H,22,25). The van der Waals surface area contributed by atoms with Gasteiger partial charge in [-0.25, -0.2) is 8.42 Å². The molecule has 2 aromatic rings. The number of carbonyl (C=O) groups is 2. The first-order chi connectivity index (χ1) is 14.3. The summed E-state index contributed by atoms with van der Waals surface area (Å²) in [6.07, 6.45) is 0. The van der Waals surface area contributed by atoms with Gasteiger partial charge in [-0.1, -0.05) is 13.8 Å². The Balaban J connectivity index is 1.91. The van der Waals surface area contributed by atoms with Gasteiger partial charge in [0.15, 0.2) is 0 Å². The number of thioether (sulfide) groups is 1. The summed E-state index contributed by atoms with van der Waals surface area (Å²) in [6.45, 7) is 4.21. The molecule has 0 saturated carbocycles. The van der Waals surface area contributed by atoms with E-state index in [0.29, 0.717) is 35.8 Å². The lowest BCUT2D eigenvalue weighted by Gasteiger charge is -2.20. The minimum absolute atomic E-state index is 0.0661. The van der Waals surface area contributed by atoms with E-state index in [1.165, 1.54) is 41.4 Å². The van der Waals surface area contributed by atoms with E-state index in [4.69, 9.17) is 4.74 Å². The number of nitrogens with zero attached hydrogens (tertiary/aromatic N) is 1. The molecule has 0 radical (unpaired) electrons. The van der Waals surface area contributed by atoms with Gasteiger partial charge in [-0.3, -0.25) is 9.59 Å². The van der Waals surface area contributed by atoms with Crippen molar-refractivity contribution >= 4 is 45.0 Å². The molecule has 0 fully saturated rings. The Bertz CT molecular complexity index is 1080. The molecule has 160 valence electrons. The summed E-state index contributed by atoms with van der Waals surface area (Å²) < 4.78 is 32.3. The first-order valence-corrected chi connectivity index (χ1v) is 11.8. The van der Waals surface area contributed by atoms with Crippen LogP contribution in [0.15, 0.2) is 46.2 Å². The van der Waals surface area contributed by atoms with E-state index in [-0.39, 0.29) is 16.5 Å². The average Bonchev–Trinajstić information content (AvgIpc) is 2.73. The van der Waals surface area contributed by atoms with Crippen LogP contribution in [0.25, 0.3) is 0 Å². The summed E-state index contributed by atoms with van der Waals surface area (Å²) in [4.78, 5) is 25.4. The second-order valence-electron chi connectivity index (χ2n) is 6.45. The number of fused-ring (bicyclic) bond motifs is 1. The Labute approximate surface area is 180 Å². The van der Waals surface area contributed by atoms with Gasteiger partial charge in [0.25, 0.3) is 5.91 Å². The van der Waals surface area contributed by atoms with Gasteiger partial charge in [0.2, 0.25) is 15.9 Å². The summed E-state index contributed by atoms with van der Waals surface area (Å²) in [5, 5.41) is 5.46. The summed E-state index contributed by atoms with van der Waals surface area (Å²) in [6, 6.07) is 9.37. The minimum Gasteiger partial charge on any atom is -0.495 e. The van der Waals surface area contributed by atoms with E-state index in [1.54, 1.807) is 32.0 Å². The van der Waals surface area contributed by atoms with Crippen LogP contribution >= 0.6 is 11.8 Å². The molecule has 0 unspecified atom stereocenters. The molecule has 0 spiro atoms. The molecule has 1 aliphatic heterocycles. The van der Waals surface area contributed by atoms with Crippen molar-refractivity contribution in [3.8, 4) is 5.75 Å². The Morgan fingerprint density at radius 2 is 1.93 bits per heavy atom. The summed E-state index contributed by atoms with van der Waals surface area (Å²) in [5.74, 6) is 0.104. The average molecular weight is 450 g/mol. The van der Waals surface area contributed by atoms with E-state index in [2.05, 4.69) is 10.6 Å². The predicted molar refractivity (Wildman–Crippen MR) is 117 cm³/mol. The molecule has 2 aromatic carbocycles. The third kappa shape index (κ3) is 4.45. The molecule has 0 atom stereocenters. The molecule has 10 heteroatoms. The lowest BCUT2D eigenvalue weighted by molar-refractivity contribution is -0.113. The Hall–Kier alpha value is -2.56. The molecule has 30 heavy (non-hydrogen) atoms. The molecule has 2 N–H and O–H groups in total. The van der Waals surface area contributed by atoms with Gasteiger partial charge < -0.3 is 15.4 Å². The number of hydrogen-bond acceptors (Lipinski definition) is 6. The van der Waals surface area contributed by atoms with Gasteiger partial charge in [0.1, 0.15) is 5.75 Å². The van der Waals surface area contributed by atoms with Crippen LogP contribution in [0, 0.1) is 0 Å². The molecule has 1 aliphatic rings. The van der Waals surface area contributed by atoms with Gasteiger partial charge in [-0.15, -0.1) is 11.8 Å². The van der Waals surface area contributed by atoms with Crippen LogP contribution in [0.5, 0.6) is 5.75 Å². The first-order valence-electron chi connectivity index (χ1n) is 9.36. The second kappa shape index (κ2) is 9.07.